The van der Waals surface area contributed by atoms with Gasteiger partial charge in [0.2, 0.25) is 5.91 Å². The SMILES string of the molecule is CC1Cc2ccccc2N1CC(=O)N(C)C1CCS(=O)(=O)C1. The lowest BCUT2D eigenvalue weighted by atomic mass is 10.1. The molecule has 6 heteroatoms. The summed E-state index contributed by atoms with van der Waals surface area (Å²) in [5.41, 5.74) is 2.39. The third-order valence-corrected chi connectivity index (χ3v) is 6.55. The van der Waals surface area contributed by atoms with E-state index < -0.39 is 9.84 Å². The van der Waals surface area contributed by atoms with E-state index in [0.29, 0.717) is 19.0 Å². The quantitative estimate of drug-likeness (QED) is 0.836. The van der Waals surface area contributed by atoms with Crippen molar-refractivity contribution >= 4 is 21.4 Å². The Morgan fingerprint density at radius 3 is 2.77 bits per heavy atom. The maximum Gasteiger partial charge on any atom is 0.242 e. The Kier molecular flexibility index (Phi) is 3.89. The van der Waals surface area contributed by atoms with Crippen molar-refractivity contribution in [2.24, 2.45) is 0 Å². The van der Waals surface area contributed by atoms with Crippen LogP contribution in [0.2, 0.25) is 0 Å². The normalized spacial score (nSPS) is 26.0. The largest absolute Gasteiger partial charge is 0.359 e. The Hall–Kier alpha value is -1.56. The molecule has 1 saturated heterocycles. The summed E-state index contributed by atoms with van der Waals surface area (Å²) in [6.45, 7) is 2.43. The van der Waals surface area contributed by atoms with Gasteiger partial charge in [-0.05, 0) is 31.4 Å². The number of carbonyl (C=O) groups excluding carboxylic acids is 1. The highest BCUT2D eigenvalue weighted by Gasteiger charge is 2.34. The van der Waals surface area contributed by atoms with E-state index in [4.69, 9.17) is 0 Å². The van der Waals surface area contributed by atoms with Crippen LogP contribution in [0, 0.1) is 0 Å². The van der Waals surface area contributed by atoms with Gasteiger partial charge in [0, 0.05) is 24.8 Å². The molecule has 120 valence electrons. The molecular weight excluding hydrogens is 300 g/mol. The monoisotopic (exact) mass is 322 g/mol. The van der Waals surface area contributed by atoms with E-state index in [1.807, 2.05) is 18.2 Å². The molecule has 0 bridgehead atoms. The van der Waals surface area contributed by atoms with Gasteiger partial charge in [-0.1, -0.05) is 18.2 Å². The molecule has 22 heavy (non-hydrogen) atoms. The summed E-state index contributed by atoms with van der Waals surface area (Å²) in [4.78, 5) is 16.3. The summed E-state index contributed by atoms with van der Waals surface area (Å²) in [6.07, 6.45) is 1.50. The first-order chi connectivity index (χ1) is 10.4. The third-order valence-electron chi connectivity index (χ3n) is 4.80. The zero-order chi connectivity index (χ0) is 15.9. The van der Waals surface area contributed by atoms with Gasteiger partial charge < -0.3 is 9.80 Å². The Morgan fingerprint density at radius 2 is 2.09 bits per heavy atom. The molecule has 0 spiro atoms. The van der Waals surface area contributed by atoms with Crippen molar-refractivity contribution in [2.75, 3.05) is 30.0 Å². The summed E-state index contributed by atoms with van der Waals surface area (Å²) in [5, 5.41) is 0. The molecule has 0 saturated carbocycles. The first-order valence-corrected chi connectivity index (χ1v) is 9.50. The van der Waals surface area contributed by atoms with E-state index in [9.17, 15) is 13.2 Å². The second kappa shape index (κ2) is 5.57. The molecule has 0 N–H and O–H groups in total. The Bertz CT molecular complexity index is 686. The Labute approximate surface area is 131 Å². The Balaban J connectivity index is 1.70. The third kappa shape index (κ3) is 2.84. The van der Waals surface area contributed by atoms with Gasteiger partial charge in [-0.2, -0.15) is 0 Å². The fraction of sp³-hybridized carbons (Fsp3) is 0.562. The number of rotatable bonds is 3. The second-order valence-electron chi connectivity index (χ2n) is 6.37. The zero-order valence-corrected chi connectivity index (χ0v) is 13.8. The van der Waals surface area contributed by atoms with E-state index >= 15 is 0 Å². The number of likely N-dealkylation sites (N-methyl/N-ethyl adjacent to an activating group) is 1. The fourth-order valence-electron chi connectivity index (χ4n) is 3.41. The van der Waals surface area contributed by atoms with Crippen molar-refractivity contribution < 1.29 is 13.2 Å². The summed E-state index contributed by atoms with van der Waals surface area (Å²) in [6, 6.07) is 8.27. The lowest BCUT2D eigenvalue weighted by molar-refractivity contribution is -0.130. The molecule has 1 amide bonds. The van der Waals surface area contributed by atoms with Crippen LogP contribution in [0.5, 0.6) is 0 Å². The maximum atomic E-state index is 12.5. The average Bonchev–Trinajstić information content (AvgIpc) is 2.98. The van der Waals surface area contributed by atoms with Crippen molar-refractivity contribution in [3.05, 3.63) is 29.8 Å². The number of nitrogens with zero attached hydrogens (tertiary/aromatic N) is 2. The van der Waals surface area contributed by atoms with Gasteiger partial charge in [0.25, 0.3) is 0 Å². The molecule has 2 aliphatic heterocycles. The maximum absolute atomic E-state index is 12.5. The van der Waals surface area contributed by atoms with Gasteiger partial charge in [0.1, 0.15) is 0 Å². The standard InChI is InChI=1S/C16H22N2O3S/c1-12-9-13-5-3-4-6-15(13)18(12)10-16(19)17(2)14-7-8-22(20,21)11-14/h3-6,12,14H,7-11H2,1-2H3. The van der Waals surface area contributed by atoms with Crippen molar-refractivity contribution in [1.82, 2.24) is 4.90 Å². The number of amides is 1. The van der Waals surface area contributed by atoms with Crippen molar-refractivity contribution in [1.29, 1.82) is 0 Å². The van der Waals surface area contributed by atoms with Gasteiger partial charge >= 0.3 is 0 Å². The van der Waals surface area contributed by atoms with E-state index in [1.54, 1.807) is 11.9 Å². The molecule has 3 rings (SSSR count). The van der Waals surface area contributed by atoms with Crippen LogP contribution in [0.1, 0.15) is 18.9 Å². The number of benzene rings is 1. The van der Waals surface area contributed by atoms with E-state index in [2.05, 4.69) is 17.9 Å². The molecule has 1 fully saturated rings. The van der Waals surface area contributed by atoms with Crippen LogP contribution < -0.4 is 4.90 Å². The lowest BCUT2D eigenvalue weighted by Gasteiger charge is -2.29. The fourth-order valence-corrected chi connectivity index (χ4v) is 5.19. The van der Waals surface area contributed by atoms with Gasteiger partial charge in [-0.25, -0.2) is 8.42 Å². The molecule has 2 atom stereocenters. The number of anilines is 1. The van der Waals surface area contributed by atoms with Crippen LogP contribution in [-0.2, 0) is 21.1 Å². The van der Waals surface area contributed by atoms with Gasteiger partial charge in [-0.15, -0.1) is 0 Å². The van der Waals surface area contributed by atoms with Crippen molar-refractivity contribution in [2.45, 2.75) is 31.8 Å². The molecule has 0 aromatic heterocycles. The first kappa shape index (κ1) is 15.3. The molecule has 2 unspecified atom stereocenters. The second-order valence-corrected chi connectivity index (χ2v) is 8.60. The zero-order valence-electron chi connectivity index (χ0n) is 13.0. The highest BCUT2D eigenvalue weighted by atomic mass is 32.2. The summed E-state index contributed by atoms with van der Waals surface area (Å²) in [7, 11) is -1.25. The topological polar surface area (TPSA) is 57.7 Å². The predicted octanol–water partition coefficient (Wildman–Crippen LogP) is 1.08. The van der Waals surface area contributed by atoms with Gasteiger partial charge in [0.05, 0.1) is 18.1 Å². The lowest BCUT2D eigenvalue weighted by Crippen LogP contribution is -2.45. The van der Waals surface area contributed by atoms with Crippen LogP contribution in [0.3, 0.4) is 0 Å². The summed E-state index contributed by atoms with van der Waals surface area (Å²) >= 11 is 0. The number of hydrogen-bond donors (Lipinski definition) is 0. The smallest absolute Gasteiger partial charge is 0.242 e. The highest BCUT2D eigenvalue weighted by Crippen LogP contribution is 2.31. The van der Waals surface area contributed by atoms with E-state index in [0.717, 1.165) is 12.1 Å². The number of para-hydroxylation sites is 1. The minimum absolute atomic E-state index is 0.00865. The van der Waals surface area contributed by atoms with Gasteiger partial charge in [0.15, 0.2) is 9.84 Å². The molecule has 0 aliphatic carbocycles. The minimum atomic E-state index is -2.97. The first-order valence-electron chi connectivity index (χ1n) is 7.68. The van der Waals surface area contributed by atoms with Gasteiger partial charge in [-0.3, -0.25) is 4.79 Å². The van der Waals surface area contributed by atoms with Crippen molar-refractivity contribution in [3.63, 3.8) is 0 Å². The summed E-state index contributed by atoms with van der Waals surface area (Å²) < 4.78 is 23.2. The van der Waals surface area contributed by atoms with Crippen LogP contribution in [0.4, 0.5) is 5.69 Å². The summed E-state index contributed by atoms with van der Waals surface area (Å²) in [5.74, 6) is 0.283. The average molecular weight is 322 g/mol. The molecule has 0 radical (unpaired) electrons. The van der Waals surface area contributed by atoms with Crippen LogP contribution in [0.15, 0.2) is 24.3 Å². The van der Waals surface area contributed by atoms with Crippen LogP contribution in [0.25, 0.3) is 0 Å². The number of carbonyl (C=O) groups is 1. The van der Waals surface area contributed by atoms with Crippen LogP contribution in [-0.4, -0.2) is 56.4 Å². The molecule has 1 aromatic rings. The molecule has 1 aromatic carbocycles. The number of fused-ring (bicyclic) bond motifs is 1. The van der Waals surface area contributed by atoms with E-state index in [-0.39, 0.29) is 23.5 Å². The van der Waals surface area contributed by atoms with Crippen LogP contribution >= 0.6 is 0 Å². The molecular formula is C16H22N2O3S. The molecule has 2 heterocycles. The molecule has 2 aliphatic rings. The number of sulfone groups is 1. The molecule has 5 nitrogen and oxygen atoms in total. The van der Waals surface area contributed by atoms with Crippen molar-refractivity contribution in [3.8, 4) is 0 Å². The Morgan fingerprint density at radius 1 is 1.36 bits per heavy atom. The highest BCUT2D eigenvalue weighted by molar-refractivity contribution is 7.91. The number of hydrogen-bond acceptors (Lipinski definition) is 4. The minimum Gasteiger partial charge on any atom is -0.359 e. The predicted molar refractivity (Wildman–Crippen MR) is 86.8 cm³/mol. The van der Waals surface area contributed by atoms with E-state index in [1.165, 1.54) is 5.56 Å².